The van der Waals surface area contributed by atoms with Gasteiger partial charge in [-0.1, -0.05) is 6.07 Å². The number of hydrogen-bond acceptors (Lipinski definition) is 13. The van der Waals surface area contributed by atoms with Crippen molar-refractivity contribution in [2.75, 3.05) is 51.4 Å². The first kappa shape index (κ1) is 35.1. The maximum absolute atomic E-state index is 12.4. The summed E-state index contributed by atoms with van der Waals surface area (Å²) in [6, 6.07) is 8.25. The first-order valence-electron chi connectivity index (χ1n) is 16.9. The van der Waals surface area contributed by atoms with Crippen molar-refractivity contribution >= 4 is 11.6 Å². The van der Waals surface area contributed by atoms with E-state index in [1.165, 1.54) is 6.33 Å². The summed E-state index contributed by atoms with van der Waals surface area (Å²) in [7, 11) is 0. The van der Waals surface area contributed by atoms with E-state index in [4.69, 9.17) is 24.0 Å². The van der Waals surface area contributed by atoms with Gasteiger partial charge in [-0.05, 0) is 60.7 Å². The van der Waals surface area contributed by atoms with Crippen molar-refractivity contribution < 1.29 is 27.7 Å². The molecule has 1 N–H and O–H groups in total. The number of nitriles is 1. The normalized spacial score (nSPS) is 18.9. The van der Waals surface area contributed by atoms with Gasteiger partial charge < -0.3 is 24.3 Å². The van der Waals surface area contributed by atoms with E-state index >= 15 is 0 Å². The number of rotatable bonds is 16. The van der Waals surface area contributed by atoms with E-state index in [9.17, 15) is 14.0 Å². The van der Waals surface area contributed by atoms with Crippen LogP contribution in [0.3, 0.4) is 0 Å². The van der Waals surface area contributed by atoms with Crippen LogP contribution >= 0.6 is 0 Å². The number of halogens is 2. The molecule has 1 unspecified atom stereocenters. The lowest BCUT2D eigenvalue weighted by molar-refractivity contribution is 0.00501. The summed E-state index contributed by atoms with van der Waals surface area (Å²) >= 11 is 0. The third kappa shape index (κ3) is 9.46. The number of morpholine rings is 1. The minimum absolute atomic E-state index is 0.157. The monoisotopic (exact) mass is 693 g/mol. The molecule has 50 heavy (non-hydrogen) atoms. The second-order valence-electron chi connectivity index (χ2n) is 12.3. The molecule has 15 nitrogen and oxygen atoms in total. The van der Waals surface area contributed by atoms with Gasteiger partial charge in [0.2, 0.25) is 5.95 Å². The Hall–Kier alpha value is -4.79. The van der Waals surface area contributed by atoms with Crippen molar-refractivity contribution in [2.45, 2.75) is 70.2 Å². The highest BCUT2D eigenvalue weighted by molar-refractivity contribution is 5.67. The molecular weight excluding hydrogens is 652 g/mol. The number of nitrogens with zero attached hydrogens (tertiary/aromatic N) is 10. The number of hydrogen-bond donors (Lipinski definition) is 1. The molecule has 1 aliphatic heterocycles. The molecule has 0 bridgehead atoms. The fraction of sp³-hybridized carbons (Fsp3) is 0.545. The Morgan fingerprint density at radius 1 is 1.06 bits per heavy atom. The third-order valence-corrected chi connectivity index (χ3v) is 8.71. The summed E-state index contributed by atoms with van der Waals surface area (Å²) in [6.07, 6.45) is 8.55. The van der Waals surface area contributed by atoms with E-state index in [0.29, 0.717) is 47.8 Å². The van der Waals surface area contributed by atoms with Crippen LogP contribution in [0.1, 0.15) is 50.6 Å². The van der Waals surface area contributed by atoms with E-state index in [2.05, 4.69) is 41.8 Å². The maximum atomic E-state index is 12.4. The standard InChI is InChI=1S/C33H41F2N11O4/c1-23(19-45-22-39-42-43-45)50-30-15-24(3-4-25(30)16-36)26-17-37-33(38-18-26)40-29-20-46(41-32(29)49-12-2-11-48-21-31(34)35)28-7-5-27(6-8-28)44-9-13-47-14-10-44/h3-4,15,17-18,20,22-23,27-28,31H,2,5-14,19,21H2,1H3,(H,37,38,40). The van der Waals surface area contributed by atoms with Gasteiger partial charge in [0.05, 0.1) is 50.8 Å². The Kier molecular flexibility index (Phi) is 12.1. The summed E-state index contributed by atoms with van der Waals surface area (Å²) in [4.78, 5) is 11.6. The molecule has 17 heteroatoms. The van der Waals surface area contributed by atoms with Crippen molar-refractivity contribution in [1.29, 1.82) is 5.26 Å². The molecule has 3 aromatic heterocycles. The van der Waals surface area contributed by atoms with Crippen molar-refractivity contribution in [3.63, 3.8) is 0 Å². The van der Waals surface area contributed by atoms with Gasteiger partial charge in [-0.2, -0.15) is 5.26 Å². The van der Waals surface area contributed by atoms with Crippen LogP contribution in [0.15, 0.2) is 43.1 Å². The van der Waals surface area contributed by atoms with Gasteiger partial charge in [0, 0.05) is 43.5 Å². The molecule has 0 amide bonds. The van der Waals surface area contributed by atoms with Crippen LogP contribution in [0.2, 0.25) is 0 Å². The highest BCUT2D eigenvalue weighted by Crippen LogP contribution is 2.35. The zero-order valence-corrected chi connectivity index (χ0v) is 27.9. The van der Waals surface area contributed by atoms with Crippen molar-refractivity contribution in [1.82, 2.24) is 44.9 Å². The van der Waals surface area contributed by atoms with E-state index in [0.717, 1.165) is 63.1 Å². The van der Waals surface area contributed by atoms with E-state index in [-0.39, 0.29) is 25.4 Å². The van der Waals surface area contributed by atoms with Gasteiger partial charge >= 0.3 is 0 Å². The molecule has 2 fully saturated rings. The number of nitrogens with one attached hydrogen (secondary N) is 1. The highest BCUT2D eigenvalue weighted by atomic mass is 19.3. The lowest BCUT2D eigenvalue weighted by Crippen LogP contribution is -2.45. The molecule has 1 saturated carbocycles. The number of ether oxygens (including phenoxy) is 4. The Bertz CT molecular complexity index is 1670. The average Bonchev–Trinajstić information content (AvgIpc) is 3.80. The predicted octanol–water partition coefficient (Wildman–Crippen LogP) is 4.28. The minimum atomic E-state index is -2.50. The van der Waals surface area contributed by atoms with Gasteiger partial charge in [-0.3, -0.25) is 9.58 Å². The molecule has 1 saturated heterocycles. The van der Waals surface area contributed by atoms with Gasteiger partial charge in [0.1, 0.15) is 36.5 Å². The van der Waals surface area contributed by atoms with Crippen LogP contribution < -0.4 is 14.8 Å². The Morgan fingerprint density at radius 2 is 1.84 bits per heavy atom. The number of tetrazole rings is 1. The molecule has 4 heterocycles. The number of benzene rings is 1. The lowest BCUT2D eigenvalue weighted by atomic mass is 9.90. The molecule has 4 aromatic rings. The fourth-order valence-corrected chi connectivity index (χ4v) is 6.22. The van der Waals surface area contributed by atoms with Gasteiger partial charge in [-0.25, -0.2) is 23.4 Å². The quantitative estimate of drug-likeness (QED) is 0.166. The molecule has 1 atom stereocenters. The van der Waals surface area contributed by atoms with Crippen LogP contribution in [0, 0.1) is 11.3 Å². The van der Waals surface area contributed by atoms with Crippen LogP contribution in [0.25, 0.3) is 11.1 Å². The van der Waals surface area contributed by atoms with E-state index in [1.54, 1.807) is 29.2 Å². The van der Waals surface area contributed by atoms with E-state index in [1.807, 2.05) is 23.9 Å². The minimum Gasteiger partial charge on any atom is -0.487 e. The zero-order valence-electron chi connectivity index (χ0n) is 27.9. The first-order valence-corrected chi connectivity index (χ1v) is 16.9. The average molecular weight is 694 g/mol. The highest BCUT2D eigenvalue weighted by Gasteiger charge is 2.29. The van der Waals surface area contributed by atoms with Gasteiger partial charge in [-0.15, -0.1) is 10.2 Å². The summed E-state index contributed by atoms with van der Waals surface area (Å²) in [5.41, 5.74) is 2.51. The van der Waals surface area contributed by atoms with Crippen LogP contribution in [0.4, 0.5) is 20.4 Å². The van der Waals surface area contributed by atoms with Gasteiger partial charge in [0.25, 0.3) is 12.3 Å². The second-order valence-corrected chi connectivity index (χ2v) is 12.3. The summed E-state index contributed by atoms with van der Waals surface area (Å²) in [5, 5.41) is 28.8. The molecule has 6 rings (SSSR count). The van der Waals surface area contributed by atoms with Gasteiger partial charge in [0.15, 0.2) is 0 Å². The molecule has 1 aromatic carbocycles. The van der Waals surface area contributed by atoms with Crippen molar-refractivity contribution in [2.24, 2.45) is 0 Å². The topological polar surface area (TPSA) is 163 Å². The largest absolute Gasteiger partial charge is 0.487 e. The van der Waals surface area contributed by atoms with Crippen molar-refractivity contribution in [3.8, 4) is 28.8 Å². The fourth-order valence-electron chi connectivity index (χ4n) is 6.22. The molecule has 0 spiro atoms. The zero-order chi connectivity index (χ0) is 34.7. The van der Waals surface area contributed by atoms with E-state index < -0.39 is 13.0 Å². The molecular formula is C33H41F2N11O4. The summed E-state index contributed by atoms with van der Waals surface area (Å²) in [5.74, 6) is 1.15. The summed E-state index contributed by atoms with van der Waals surface area (Å²) in [6.45, 7) is 5.62. The Morgan fingerprint density at radius 3 is 2.56 bits per heavy atom. The maximum Gasteiger partial charge on any atom is 0.261 e. The Labute approximate surface area is 288 Å². The Balaban J connectivity index is 1.12. The molecule has 266 valence electrons. The molecule has 2 aliphatic rings. The predicted molar refractivity (Wildman–Crippen MR) is 176 cm³/mol. The number of aromatic nitrogens is 8. The van der Waals surface area contributed by atoms with Crippen molar-refractivity contribution in [3.05, 3.63) is 48.7 Å². The second kappa shape index (κ2) is 17.2. The SMILES string of the molecule is CC(Cn1cnnn1)Oc1cc(-c2cnc(Nc3cn(C4CCC(N5CCOCC5)CC4)nc3OCCCOCC(F)F)nc2)ccc1C#N. The van der Waals surface area contributed by atoms with Crippen LogP contribution in [-0.2, 0) is 16.0 Å². The van der Waals surface area contributed by atoms with Crippen LogP contribution in [0.5, 0.6) is 11.6 Å². The third-order valence-electron chi connectivity index (χ3n) is 8.71. The number of alkyl halides is 2. The molecule has 0 radical (unpaired) electrons. The first-order chi connectivity index (χ1) is 24.4. The molecule has 1 aliphatic carbocycles. The summed E-state index contributed by atoms with van der Waals surface area (Å²) < 4.78 is 51.0. The lowest BCUT2D eigenvalue weighted by Gasteiger charge is -2.38. The number of anilines is 2. The smallest absolute Gasteiger partial charge is 0.261 e. The van der Waals surface area contributed by atoms with Crippen LogP contribution in [-0.4, -0.2) is 110 Å².